The number of halogens is 2. The predicted octanol–water partition coefficient (Wildman–Crippen LogP) is 3.26. The summed E-state index contributed by atoms with van der Waals surface area (Å²) in [5, 5.41) is -2.98. The molecule has 8 heteroatoms. The molecule has 0 amide bonds. The highest BCUT2D eigenvalue weighted by Crippen LogP contribution is 2.30. The zero-order chi connectivity index (χ0) is 24.1. The van der Waals surface area contributed by atoms with Crippen LogP contribution < -0.4 is 4.72 Å². The van der Waals surface area contributed by atoms with E-state index in [4.69, 9.17) is 27.3 Å². The van der Waals surface area contributed by atoms with Crippen molar-refractivity contribution >= 4 is 33.3 Å². The van der Waals surface area contributed by atoms with E-state index in [9.17, 15) is 17.6 Å². The van der Waals surface area contributed by atoms with Crippen LogP contribution in [0.1, 0.15) is 37.1 Å². The second kappa shape index (κ2) is 7.31. The molecule has 0 radical (unpaired) electrons. The molecule has 0 saturated heterocycles. The van der Waals surface area contributed by atoms with E-state index >= 15 is 0 Å². The number of rotatable bonds is 5. The van der Waals surface area contributed by atoms with Crippen molar-refractivity contribution in [1.29, 1.82) is 0 Å². The first-order chi connectivity index (χ1) is 14.0. The summed E-state index contributed by atoms with van der Waals surface area (Å²) in [6.45, 7) is 1.15. The Balaban J connectivity index is 2.70. The number of anilines is 1. The van der Waals surface area contributed by atoms with Gasteiger partial charge in [0.25, 0.3) is 0 Å². The highest BCUT2D eigenvalue weighted by atomic mass is 35.5. The van der Waals surface area contributed by atoms with E-state index in [2.05, 4.69) is 0 Å². The third-order valence-electron chi connectivity index (χ3n) is 2.75. The summed E-state index contributed by atoms with van der Waals surface area (Å²) in [6.07, 6.45) is -7.01. The number of hydrogen-bond acceptors (Lipinski definition) is 4. The molecule has 0 saturated carbocycles. The second-order valence-electron chi connectivity index (χ2n) is 4.28. The lowest BCUT2D eigenvalue weighted by molar-refractivity contribution is -0.138. The Hall–Kier alpha value is -1.60. The van der Waals surface area contributed by atoms with Crippen LogP contribution in [0.2, 0.25) is 5.02 Å². The van der Waals surface area contributed by atoms with E-state index in [0.29, 0.717) is 0 Å². The Bertz CT molecular complexity index is 1050. The van der Waals surface area contributed by atoms with Crippen LogP contribution in [0, 0.1) is 5.82 Å². The number of esters is 1. The largest absolute Gasteiger partial charge is 0.463 e. The van der Waals surface area contributed by atoms with Crippen LogP contribution in [-0.4, -0.2) is 26.2 Å². The molecular formula is C15H17ClFNO4S. The quantitative estimate of drug-likeness (QED) is 0.808. The number of ether oxygens (including phenoxy) is 1. The van der Waals surface area contributed by atoms with Crippen LogP contribution in [0.5, 0.6) is 0 Å². The Kier molecular flexibility index (Phi) is 3.06. The number of carbonyl (C=O) groups excluding carboxylic acids is 1. The maximum Gasteiger partial charge on any atom is 0.335 e. The molecule has 2 rings (SSSR count). The third kappa shape index (κ3) is 4.23. The van der Waals surface area contributed by atoms with Gasteiger partial charge in [0.2, 0.25) is 10.0 Å². The topological polar surface area (TPSA) is 72.5 Å². The second-order valence-corrected chi connectivity index (χ2v) is 6.52. The predicted molar refractivity (Wildman–Crippen MR) is 86.3 cm³/mol. The Morgan fingerprint density at radius 2 is 2.35 bits per heavy atom. The van der Waals surface area contributed by atoms with Crippen LogP contribution >= 0.6 is 11.6 Å². The minimum Gasteiger partial charge on any atom is -0.463 e. The molecule has 1 aliphatic carbocycles. The Labute approximate surface area is 150 Å². The molecule has 1 aromatic rings. The first-order valence-electron chi connectivity index (χ1n) is 10.4. The van der Waals surface area contributed by atoms with Crippen molar-refractivity contribution in [1.82, 2.24) is 0 Å². The average Bonchev–Trinajstić information content (AvgIpc) is 2.66. The molecule has 0 bridgehead atoms. The SMILES string of the molecule is [2H]C1=C(C(=O)OCC)C(S(=O)(=O)Nc2c([2H])c([2H])c(F)c([2H])c2Cl)CC([2H])([2H])C1([2H])[2H]. The van der Waals surface area contributed by atoms with Gasteiger partial charge in [0.1, 0.15) is 11.1 Å². The lowest BCUT2D eigenvalue weighted by atomic mass is 9.99. The lowest BCUT2D eigenvalue weighted by Gasteiger charge is -2.24. The summed E-state index contributed by atoms with van der Waals surface area (Å²) < 4.78 is 109. The van der Waals surface area contributed by atoms with Gasteiger partial charge in [-0.2, -0.15) is 0 Å². The number of nitrogens with one attached hydrogen (secondary N) is 1. The molecule has 5 nitrogen and oxygen atoms in total. The van der Waals surface area contributed by atoms with Gasteiger partial charge in [-0.15, -0.1) is 0 Å². The highest BCUT2D eigenvalue weighted by Gasteiger charge is 2.35. The summed E-state index contributed by atoms with van der Waals surface area (Å²) in [5.74, 6) is -2.80. The fraction of sp³-hybridized carbons (Fsp3) is 0.400. The maximum atomic E-state index is 13.8. The monoisotopic (exact) mass is 369 g/mol. The van der Waals surface area contributed by atoms with Gasteiger partial charge in [-0.3, -0.25) is 4.72 Å². The molecule has 23 heavy (non-hydrogen) atoms. The van der Waals surface area contributed by atoms with Crippen molar-refractivity contribution in [2.45, 2.75) is 31.3 Å². The molecule has 0 spiro atoms. The van der Waals surface area contributed by atoms with E-state index < -0.39 is 86.7 Å². The summed E-state index contributed by atoms with van der Waals surface area (Å²) in [7, 11) is -4.92. The molecule has 0 fully saturated rings. The molecule has 126 valence electrons. The van der Waals surface area contributed by atoms with Gasteiger partial charge >= 0.3 is 5.97 Å². The van der Waals surface area contributed by atoms with Gasteiger partial charge in [-0.1, -0.05) is 17.7 Å². The van der Waals surface area contributed by atoms with Gasteiger partial charge < -0.3 is 4.74 Å². The van der Waals surface area contributed by atoms with Crippen LogP contribution in [0.4, 0.5) is 10.1 Å². The summed E-state index contributed by atoms with van der Waals surface area (Å²) in [5.41, 5.74) is -1.79. The van der Waals surface area contributed by atoms with E-state index in [0.717, 1.165) is 0 Å². The molecule has 0 heterocycles. The Morgan fingerprint density at radius 1 is 1.61 bits per heavy atom. The Morgan fingerprint density at radius 3 is 3.04 bits per heavy atom. The van der Waals surface area contributed by atoms with E-state index in [1.54, 1.807) is 4.72 Å². The number of allylic oxidation sites excluding steroid dienone is 1. The number of benzene rings is 1. The molecule has 0 aliphatic heterocycles. The normalized spacial score (nSPS) is 28.0. The first kappa shape index (κ1) is 9.64. The summed E-state index contributed by atoms with van der Waals surface area (Å²) in [6, 6.07) is -4.41. The maximum absolute atomic E-state index is 13.8. The molecule has 1 unspecified atom stereocenters. The van der Waals surface area contributed by atoms with Gasteiger partial charge in [0.05, 0.1) is 28.4 Å². The van der Waals surface area contributed by atoms with Crippen LogP contribution in [0.25, 0.3) is 0 Å². The molecule has 1 atom stereocenters. The van der Waals surface area contributed by atoms with Crippen molar-refractivity contribution in [3.63, 3.8) is 0 Å². The van der Waals surface area contributed by atoms with Crippen molar-refractivity contribution in [2.24, 2.45) is 0 Å². The summed E-state index contributed by atoms with van der Waals surface area (Å²) in [4.78, 5) is 12.3. The van der Waals surface area contributed by atoms with Crippen LogP contribution in [0.3, 0.4) is 0 Å². The van der Waals surface area contributed by atoms with Gasteiger partial charge in [-0.05, 0) is 44.2 Å². The molecule has 1 N–H and O–H groups in total. The molecule has 0 aromatic heterocycles. The first-order valence-corrected chi connectivity index (χ1v) is 8.28. The highest BCUT2D eigenvalue weighted by molar-refractivity contribution is 7.93. The van der Waals surface area contributed by atoms with E-state index in [1.165, 1.54) is 6.92 Å². The minimum atomic E-state index is -4.92. The standard InChI is InChI=1S/C15H17ClFNO4S/c1-2-22-15(19)11-5-3-4-6-14(11)23(20,21)18-13-8-7-10(17)9-12(13)16/h5,7-9,14,18H,2-4,6H2,1H3/i3D2,4D2,5D,7D,8D,9D. The number of carbonyl (C=O) groups is 1. The van der Waals surface area contributed by atoms with E-state index in [1.807, 2.05) is 0 Å². The van der Waals surface area contributed by atoms with Crippen molar-refractivity contribution in [3.05, 3.63) is 40.6 Å². The zero-order valence-corrected chi connectivity index (χ0v) is 13.4. The lowest BCUT2D eigenvalue weighted by Crippen LogP contribution is -2.34. The number of hydrogen-bond donors (Lipinski definition) is 1. The van der Waals surface area contributed by atoms with Gasteiger partial charge in [0, 0.05) is 5.48 Å². The van der Waals surface area contributed by atoms with E-state index in [-0.39, 0.29) is 6.61 Å². The van der Waals surface area contributed by atoms with Gasteiger partial charge in [0.15, 0.2) is 0 Å². The minimum absolute atomic E-state index is 0.239. The molecular weight excluding hydrogens is 345 g/mol. The van der Waals surface area contributed by atoms with Crippen LogP contribution in [-0.2, 0) is 19.6 Å². The van der Waals surface area contributed by atoms with Crippen molar-refractivity contribution < 1.29 is 33.3 Å². The fourth-order valence-electron chi connectivity index (χ4n) is 1.74. The number of sulfonamides is 1. The van der Waals surface area contributed by atoms with Crippen molar-refractivity contribution in [2.75, 3.05) is 11.3 Å². The molecule has 1 aromatic carbocycles. The van der Waals surface area contributed by atoms with Gasteiger partial charge in [-0.25, -0.2) is 17.6 Å². The third-order valence-corrected chi connectivity index (χ3v) is 4.67. The summed E-state index contributed by atoms with van der Waals surface area (Å²) >= 11 is 5.77. The fourth-order valence-corrected chi connectivity index (χ4v) is 3.32. The van der Waals surface area contributed by atoms with Crippen molar-refractivity contribution in [3.8, 4) is 0 Å². The average molecular weight is 370 g/mol. The smallest absolute Gasteiger partial charge is 0.335 e. The zero-order valence-electron chi connectivity index (χ0n) is 19.8. The molecule has 1 aliphatic rings. The van der Waals surface area contributed by atoms with Crippen LogP contribution in [0.15, 0.2) is 29.8 Å².